The molecule has 0 aliphatic carbocycles. The number of halogens is 1. The molecule has 2 atom stereocenters. The normalized spacial score (nSPS) is 24.9. The smallest absolute Gasteiger partial charge is 0.329 e. The summed E-state index contributed by atoms with van der Waals surface area (Å²) in [6.45, 7) is -0.799. The molecule has 1 aromatic rings. The van der Waals surface area contributed by atoms with Crippen molar-refractivity contribution in [1.82, 2.24) is 4.90 Å². The number of amides is 1. The van der Waals surface area contributed by atoms with Crippen molar-refractivity contribution in [3.8, 4) is 0 Å². The van der Waals surface area contributed by atoms with Gasteiger partial charge in [0.1, 0.15) is 19.0 Å². The number of nitrogens with zero attached hydrogens (tertiary/aromatic N) is 2. The van der Waals surface area contributed by atoms with Crippen molar-refractivity contribution < 1.29 is 32.2 Å². The average Bonchev–Trinajstić information content (AvgIpc) is 3.02. The number of carbonyl (C=O) groups excluding carboxylic acids is 1. The van der Waals surface area contributed by atoms with Gasteiger partial charge in [0.05, 0.1) is 17.5 Å². The predicted molar refractivity (Wildman–Crippen MR) is 96.7 cm³/mol. The largest absolute Gasteiger partial charge is 0.480 e. The first-order chi connectivity index (χ1) is 12.7. The molecule has 0 aromatic heterocycles. The molecule has 2 fully saturated rings. The quantitative estimate of drug-likeness (QED) is 0.714. The van der Waals surface area contributed by atoms with Crippen LogP contribution in [0, 0.1) is 5.82 Å². The molecule has 146 valence electrons. The van der Waals surface area contributed by atoms with Crippen LogP contribution in [0.25, 0.3) is 0 Å². The standard InChI is InChI=1S/C16H17FN2O6S2/c17-11-3-1-10(2-4-11)5-19-12-8-27(23,24)9-13(12)26-16(19)18-14(20)6-25-7-15(21)22/h1-4,12-13H,5-9H2,(H,21,22)/t12-,13+/m0/s1. The molecule has 2 aliphatic rings. The Morgan fingerprint density at radius 2 is 1.96 bits per heavy atom. The number of aliphatic carboxylic acids is 1. The van der Waals surface area contributed by atoms with Gasteiger partial charge in [0.25, 0.3) is 5.91 Å². The Bertz CT molecular complexity index is 871. The third-order valence-corrected chi connectivity index (χ3v) is 7.36. The number of sulfone groups is 1. The molecule has 0 radical (unpaired) electrons. The Kier molecular flexibility index (Phi) is 5.82. The Balaban J connectivity index is 1.77. The van der Waals surface area contributed by atoms with Crippen molar-refractivity contribution in [2.45, 2.75) is 17.8 Å². The molecule has 0 bridgehead atoms. The minimum atomic E-state index is -3.17. The lowest BCUT2D eigenvalue weighted by Crippen LogP contribution is -2.37. The first-order valence-corrected chi connectivity index (χ1v) is 10.7. The average molecular weight is 416 g/mol. The van der Waals surface area contributed by atoms with Crippen LogP contribution in [0.1, 0.15) is 5.56 Å². The summed E-state index contributed by atoms with van der Waals surface area (Å²) in [6.07, 6.45) is 0. The number of fused-ring (bicyclic) bond motifs is 1. The molecule has 1 amide bonds. The Hall–Kier alpha value is -1.98. The maximum Gasteiger partial charge on any atom is 0.329 e. The molecule has 1 aromatic carbocycles. The van der Waals surface area contributed by atoms with Gasteiger partial charge >= 0.3 is 5.97 Å². The minimum absolute atomic E-state index is 0.00494. The van der Waals surface area contributed by atoms with Gasteiger partial charge in [-0.1, -0.05) is 23.9 Å². The zero-order chi connectivity index (χ0) is 19.6. The van der Waals surface area contributed by atoms with Crippen LogP contribution >= 0.6 is 11.8 Å². The highest BCUT2D eigenvalue weighted by molar-refractivity contribution is 8.15. The van der Waals surface area contributed by atoms with Crippen molar-refractivity contribution in [3.05, 3.63) is 35.6 Å². The van der Waals surface area contributed by atoms with Crippen LogP contribution in [0.4, 0.5) is 4.39 Å². The highest BCUT2D eigenvalue weighted by Gasteiger charge is 2.48. The van der Waals surface area contributed by atoms with Gasteiger partial charge in [-0.2, -0.15) is 4.99 Å². The molecule has 11 heteroatoms. The summed E-state index contributed by atoms with van der Waals surface area (Å²) in [5, 5.41) is 8.66. The fraction of sp³-hybridized carbons (Fsp3) is 0.438. The van der Waals surface area contributed by atoms with Crippen molar-refractivity contribution in [2.24, 2.45) is 4.99 Å². The maximum absolute atomic E-state index is 13.1. The fourth-order valence-electron chi connectivity index (χ4n) is 2.97. The number of ether oxygens (including phenoxy) is 1. The SMILES string of the molecule is O=C(O)COCC(=O)N=C1S[C@@H]2CS(=O)(=O)C[C@@H]2N1Cc1ccc(F)cc1. The van der Waals surface area contributed by atoms with Crippen molar-refractivity contribution >= 4 is 38.6 Å². The second kappa shape index (κ2) is 7.95. The summed E-state index contributed by atoms with van der Waals surface area (Å²) < 4.78 is 41.8. The van der Waals surface area contributed by atoms with Gasteiger partial charge in [-0.3, -0.25) is 4.79 Å². The molecular weight excluding hydrogens is 399 g/mol. The van der Waals surface area contributed by atoms with Crippen molar-refractivity contribution in [3.63, 3.8) is 0 Å². The van der Waals surface area contributed by atoms with Crippen LogP contribution < -0.4 is 0 Å². The van der Waals surface area contributed by atoms with E-state index in [0.29, 0.717) is 5.17 Å². The number of carboxylic acids is 1. The number of carboxylic acid groups (broad SMARTS) is 1. The van der Waals surface area contributed by atoms with Gasteiger partial charge in [0.2, 0.25) is 0 Å². The van der Waals surface area contributed by atoms with Crippen LogP contribution in [0.2, 0.25) is 0 Å². The van der Waals surface area contributed by atoms with E-state index in [-0.39, 0.29) is 35.2 Å². The predicted octanol–water partition coefficient (Wildman–Crippen LogP) is 0.524. The highest BCUT2D eigenvalue weighted by atomic mass is 32.2. The van der Waals surface area contributed by atoms with E-state index in [0.717, 1.165) is 5.56 Å². The number of carbonyl (C=O) groups is 2. The lowest BCUT2D eigenvalue weighted by molar-refractivity contribution is -0.143. The van der Waals surface area contributed by atoms with Crippen LogP contribution in [0.5, 0.6) is 0 Å². The molecule has 2 saturated heterocycles. The summed E-state index contributed by atoms with van der Waals surface area (Å²) in [6, 6.07) is 5.47. The zero-order valence-corrected chi connectivity index (χ0v) is 15.7. The van der Waals surface area contributed by atoms with Crippen molar-refractivity contribution in [2.75, 3.05) is 24.7 Å². The number of amidine groups is 1. The van der Waals surface area contributed by atoms with Gasteiger partial charge < -0.3 is 14.7 Å². The summed E-state index contributed by atoms with van der Waals surface area (Å²) in [7, 11) is -3.17. The van der Waals surface area contributed by atoms with E-state index in [1.807, 2.05) is 0 Å². The fourth-order valence-corrected chi connectivity index (χ4v) is 6.94. The van der Waals surface area contributed by atoms with Crippen LogP contribution in [-0.4, -0.2) is 71.5 Å². The first kappa shape index (κ1) is 19.8. The molecule has 27 heavy (non-hydrogen) atoms. The number of hydrogen-bond acceptors (Lipinski definition) is 6. The molecule has 0 saturated carbocycles. The number of aliphatic imine (C=N–C) groups is 1. The molecule has 8 nitrogen and oxygen atoms in total. The van der Waals surface area contributed by atoms with Gasteiger partial charge in [0.15, 0.2) is 15.0 Å². The summed E-state index contributed by atoms with van der Waals surface area (Å²) in [4.78, 5) is 28.1. The third kappa shape index (κ3) is 5.05. The summed E-state index contributed by atoms with van der Waals surface area (Å²) in [5.74, 6) is -2.25. The molecule has 2 aliphatic heterocycles. The van der Waals surface area contributed by atoms with E-state index in [1.165, 1.54) is 23.9 Å². The highest BCUT2D eigenvalue weighted by Crippen LogP contribution is 2.39. The molecule has 2 heterocycles. The summed E-state index contributed by atoms with van der Waals surface area (Å²) >= 11 is 1.21. The van der Waals surface area contributed by atoms with E-state index in [9.17, 15) is 22.4 Å². The van der Waals surface area contributed by atoms with Crippen LogP contribution in [-0.2, 0) is 30.7 Å². The third-order valence-electron chi connectivity index (χ3n) is 4.11. The first-order valence-electron chi connectivity index (χ1n) is 8.03. The van der Waals surface area contributed by atoms with Gasteiger partial charge in [-0.05, 0) is 17.7 Å². The summed E-state index contributed by atoms with van der Waals surface area (Å²) in [5.41, 5.74) is 0.754. The second-order valence-electron chi connectivity index (χ2n) is 6.23. The van der Waals surface area contributed by atoms with Gasteiger partial charge in [0, 0.05) is 11.8 Å². The lowest BCUT2D eigenvalue weighted by Gasteiger charge is -2.24. The van der Waals surface area contributed by atoms with E-state index in [1.54, 1.807) is 17.0 Å². The second-order valence-corrected chi connectivity index (χ2v) is 9.59. The van der Waals surface area contributed by atoms with E-state index in [2.05, 4.69) is 4.99 Å². The number of rotatable bonds is 6. The Morgan fingerprint density at radius 3 is 2.63 bits per heavy atom. The van der Waals surface area contributed by atoms with Gasteiger partial charge in [-0.25, -0.2) is 17.6 Å². The topological polar surface area (TPSA) is 113 Å². The molecular formula is C16H17FN2O6S2. The maximum atomic E-state index is 13.1. The number of benzene rings is 1. The van der Waals surface area contributed by atoms with E-state index >= 15 is 0 Å². The van der Waals surface area contributed by atoms with Crippen LogP contribution in [0.3, 0.4) is 0 Å². The minimum Gasteiger partial charge on any atom is -0.480 e. The van der Waals surface area contributed by atoms with E-state index in [4.69, 9.17) is 9.84 Å². The Morgan fingerprint density at radius 1 is 1.26 bits per heavy atom. The van der Waals surface area contributed by atoms with Crippen molar-refractivity contribution in [1.29, 1.82) is 0 Å². The molecule has 0 spiro atoms. The van der Waals surface area contributed by atoms with Gasteiger partial charge in [-0.15, -0.1) is 0 Å². The monoisotopic (exact) mass is 416 g/mol. The number of thioether (sulfide) groups is 1. The van der Waals surface area contributed by atoms with E-state index < -0.39 is 34.9 Å². The molecule has 3 rings (SSSR count). The molecule has 1 N–H and O–H groups in total. The number of hydrogen-bond donors (Lipinski definition) is 1. The lowest BCUT2D eigenvalue weighted by atomic mass is 10.1. The Labute approximate surface area is 159 Å². The van der Waals surface area contributed by atoms with Crippen LogP contribution in [0.15, 0.2) is 29.3 Å². The molecule has 0 unspecified atom stereocenters. The zero-order valence-electron chi connectivity index (χ0n) is 14.1.